The van der Waals surface area contributed by atoms with Crippen LogP contribution in [0.1, 0.15) is 19.8 Å². The molecule has 70 valence electrons. The van der Waals surface area contributed by atoms with Crippen molar-refractivity contribution in [2.75, 3.05) is 13.6 Å². The van der Waals surface area contributed by atoms with Crippen molar-refractivity contribution in [2.24, 2.45) is 5.73 Å². The molecule has 1 rings (SSSR count). The molecule has 1 saturated heterocycles. The third-order valence-electron chi connectivity index (χ3n) is 2.46. The van der Waals surface area contributed by atoms with E-state index in [0.717, 1.165) is 12.6 Å². The zero-order valence-corrected chi connectivity index (χ0v) is 8.75. The lowest BCUT2D eigenvalue weighted by molar-refractivity contribution is 0.258. The molecule has 1 aliphatic heterocycles. The summed E-state index contributed by atoms with van der Waals surface area (Å²) in [5.74, 6) is 0. The maximum absolute atomic E-state index is 5.54. The lowest BCUT2D eigenvalue weighted by Crippen LogP contribution is -2.35. The topological polar surface area (TPSA) is 29.3 Å². The normalized spacial score (nSPS) is 30.8. The number of hydrogen-bond acceptors (Lipinski definition) is 2. The number of hydrogen-bond donors (Lipinski definition) is 1. The highest BCUT2D eigenvalue weighted by Crippen LogP contribution is 2.20. The van der Waals surface area contributed by atoms with E-state index in [0.29, 0.717) is 6.04 Å². The highest BCUT2D eigenvalue weighted by atomic mass is 35.5. The Labute approximate surface area is 81.3 Å². The SMILES string of the molecule is CC1CCC(CN)N1C.Cl.Cl. The monoisotopic (exact) mass is 200 g/mol. The Balaban J connectivity index is 0. The molecule has 4 heteroatoms. The smallest absolute Gasteiger partial charge is 0.0218 e. The Morgan fingerprint density at radius 3 is 2.09 bits per heavy atom. The minimum absolute atomic E-state index is 0. The summed E-state index contributed by atoms with van der Waals surface area (Å²) >= 11 is 0. The van der Waals surface area contributed by atoms with Crippen LogP contribution in [0.25, 0.3) is 0 Å². The molecule has 2 nitrogen and oxygen atoms in total. The van der Waals surface area contributed by atoms with Crippen molar-refractivity contribution in [1.29, 1.82) is 0 Å². The molecule has 1 fully saturated rings. The first-order chi connectivity index (χ1) is 4.25. The summed E-state index contributed by atoms with van der Waals surface area (Å²) in [5.41, 5.74) is 5.54. The maximum Gasteiger partial charge on any atom is 0.0218 e. The Hall–Kier alpha value is 0.500. The van der Waals surface area contributed by atoms with Crippen LogP contribution < -0.4 is 5.73 Å². The van der Waals surface area contributed by atoms with Gasteiger partial charge in [-0.3, -0.25) is 4.90 Å². The van der Waals surface area contributed by atoms with Gasteiger partial charge in [0.1, 0.15) is 0 Å². The highest BCUT2D eigenvalue weighted by molar-refractivity contribution is 5.85. The fraction of sp³-hybridized carbons (Fsp3) is 1.00. The minimum atomic E-state index is 0. The average Bonchev–Trinajstić information content (AvgIpc) is 2.15. The number of likely N-dealkylation sites (tertiary alicyclic amines) is 1. The van der Waals surface area contributed by atoms with Crippen LogP contribution in [0, 0.1) is 0 Å². The summed E-state index contributed by atoms with van der Waals surface area (Å²) in [5, 5.41) is 0. The predicted molar refractivity (Wildman–Crippen MR) is 53.8 cm³/mol. The van der Waals surface area contributed by atoms with Crippen molar-refractivity contribution in [3.63, 3.8) is 0 Å². The third kappa shape index (κ3) is 3.16. The summed E-state index contributed by atoms with van der Waals surface area (Å²) in [6.07, 6.45) is 2.60. The van der Waals surface area contributed by atoms with E-state index in [1.807, 2.05) is 0 Å². The molecule has 0 spiro atoms. The largest absolute Gasteiger partial charge is 0.329 e. The molecule has 0 saturated carbocycles. The first kappa shape index (κ1) is 14.0. The summed E-state index contributed by atoms with van der Waals surface area (Å²) in [6.45, 7) is 3.08. The summed E-state index contributed by atoms with van der Waals surface area (Å²) in [7, 11) is 2.16. The first-order valence-corrected chi connectivity index (χ1v) is 3.67. The molecule has 0 bridgehead atoms. The Bertz CT molecular complexity index is 100. The second-order valence-electron chi connectivity index (χ2n) is 2.98. The maximum atomic E-state index is 5.54. The number of nitrogens with two attached hydrogens (primary N) is 1. The molecule has 0 aromatic heterocycles. The van der Waals surface area contributed by atoms with Gasteiger partial charge in [-0.15, -0.1) is 24.8 Å². The Morgan fingerprint density at radius 2 is 1.91 bits per heavy atom. The molecule has 0 amide bonds. The summed E-state index contributed by atoms with van der Waals surface area (Å²) in [4.78, 5) is 2.38. The average molecular weight is 201 g/mol. The van der Waals surface area contributed by atoms with Gasteiger partial charge in [-0.1, -0.05) is 0 Å². The molecule has 0 radical (unpaired) electrons. The van der Waals surface area contributed by atoms with Gasteiger partial charge in [0.25, 0.3) is 0 Å². The molecule has 2 unspecified atom stereocenters. The van der Waals surface area contributed by atoms with Crippen LogP contribution in [0.4, 0.5) is 0 Å². The summed E-state index contributed by atoms with van der Waals surface area (Å²) < 4.78 is 0. The van der Waals surface area contributed by atoms with Crippen molar-refractivity contribution in [3.8, 4) is 0 Å². The van der Waals surface area contributed by atoms with Crippen LogP contribution in [0.15, 0.2) is 0 Å². The molecule has 2 N–H and O–H groups in total. The quantitative estimate of drug-likeness (QED) is 0.692. The molecule has 0 aromatic rings. The van der Waals surface area contributed by atoms with Gasteiger partial charge in [-0.25, -0.2) is 0 Å². The van der Waals surface area contributed by atoms with Crippen molar-refractivity contribution < 1.29 is 0 Å². The lowest BCUT2D eigenvalue weighted by Gasteiger charge is -2.21. The van der Waals surface area contributed by atoms with Gasteiger partial charge in [0.05, 0.1) is 0 Å². The lowest BCUT2D eigenvalue weighted by atomic mass is 10.2. The van der Waals surface area contributed by atoms with E-state index in [1.165, 1.54) is 12.8 Å². The van der Waals surface area contributed by atoms with Crippen LogP contribution in [-0.4, -0.2) is 30.6 Å². The number of halogens is 2. The standard InChI is InChI=1S/C7H16N2.2ClH/c1-6-3-4-7(5-8)9(6)2;;/h6-7H,3-5,8H2,1-2H3;2*1H. The van der Waals surface area contributed by atoms with Crippen LogP contribution in [0.5, 0.6) is 0 Å². The molecule has 0 aromatic carbocycles. The Kier molecular flexibility index (Phi) is 7.75. The molecule has 1 heterocycles. The van der Waals surface area contributed by atoms with Crippen molar-refractivity contribution in [1.82, 2.24) is 4.90 Å². The second kappa shape index (κ2) is 6.06. The van der Waals surface area contributed by atoms with E-state index in [4.69, 9.17) is 5.73 Å². The molecule has 0 aliphatic carbocycles. The van der Waals surface area contributed by atoms with Gasteiger partial charge in [0, 0.05) is 18.6 Å². The highest BCUT2D eigenvalue weighted by Gasteiger charge is 2.25. The fourth-order valence-corrected chi connectivity index (χ4v) is 1.48. The van der Waals surface area contributed by atoms with E-state index in [-0.39, 0.29) is 24.8 Å². The molecular weight excluding hydrogens is 183 g/mol. The van der Waals surface area contributed by atoms with Crippen LogP contribution in [-0.2, 0) is 0 Å². The van der Waals surface area contributed by atoms with Gasteiger partial charge in [-0.05, 0) is 26.8 Å². The van der Waals surface area contributed by atoms with Crippen LogP contribution in [0.3, 0.4) is 0 Å². The molecule has 11 heavy (non-hydrogen) atoms. The van der Waals surface area contributed by atoms with Crippen molar-refractivity contribution in [2.45, 2.75) is 31.8 Å². The van der Waals surface area contributed by atoms with E-state index >= 15 is 0 Å². The van der Waals surface area contributed by atoms with Crippen LogP contribution in [0.2, 0.25) is 0 Å². The van der Waals surface area contributed by atoms with Gasteiger partial charge in [0.15, 0.2) is 0 Å². The van der Waals surface area contributed by atoms with Gasteiger partial charge >= 0.3 is 0 Å². The Morgan fingerprint density at radius 1 is 1.36 bits per heavy atom. The van der Waals surface area contributed by atoms with E-state index in [9.17, 15) is 0 Å². The van der Waals surface area contributed by atoms with Crippen molar-refractivity contribution >= 4 is 24.8 Å². The van der Waals surface area contributed by atoms with Crippen molar-refractivity contribution in [3.05, 3.63) is 0 Å². The predicted octanol–water partition coefficient (Wildman–Crippen LogP) is 1.27. The number of rotatable bonds is 1. The van der Waals surface area contributed by atoms with E-state index in [1.54, 1.807) is 0 Å². The zero-order valence-electron chi connectivity index (χ0n) is 7.12. The van der Waals surface area contributed by atoms with E-state index < -0.39 is 0 Å². The van der Waals surface area contributed by atoms with Gasteiger partial charge in [-0.2, -0.15) is 0 Å². The summed E-state index contributed by atoms with van der Waals surface area (Å²) in [6, 6.07) is 1.40. The number of likely N-dealkylation sites (N-methyl/N-ethyl adjacent to an activating group) is 1. The molecular formula is C7H18Cl2N2. The first-order valence-electron chi connectivity index (χ1n) is 3.67. The fourth-order valence-electron chi connectivity index (χ4n) is 1.48. The zero-order chi connectivity index (χ0) is 6.85. The third-order valence-corrected chi connectivity index (χ3v) is 2.46. The van der Waals surface area contributed by atoms with Gasteiger partial charge in [0.2, 0.25) is 0 Å². The minimum Gasteiger partial charge on any atom is -0.329 e. The molecule has 2 atom stereocenters. The van der Waals surface area contributed by atoms with Gasteiger partial charge < -0.3 is 5.73 Å². The van der Waals surface area contributed by atoms with Crippen LogP contribution >= 0.6 is 24.8 Å². The molecule has 1 aliphatic rings. The number of nitrogens with zero attached hydrogens (tertiary/aromatic N) is 1. The second-order valence-corrected chi connectivity index (χ2v) is 2.98. The van der Waals surface area contributed by atoms with E-state index in [2.05, 4.69) is 18.9 Å².